The van der Waals surface area contributed by atoms with E-state index in [2.05, 4.69) is 77.0 Å². The summed E-state index contributed by atoms with van der Waals surface area (Å²) in [7, 11) is 0. The van der Waals surface area contributed by atoms with Crippen LogP contribution >= 0.6 is 0 Å². The average Bonchev–Trinajstić information content (AvgIpc) is 0.819. The van der Waals surface area contributed by atoms with Crippen LogP contribution in [-0.2, 0) is 28.6 Å². The zero-order chi connectivity index (χ0) is 84.7. The van der Waals surface area contributed by atoms with Gasteiger partial charge in [0.2, 0.25) is 0 Å². The summed E-state index contributed by atoms with van der Waals surface area (Å²) in [6.07, 6.45) is 103. The molecule has 0 amide bonds. The maximum absolute atomic E-state index is 15.0. The molecule has 0 bridgehead atoms. The molecule has 0 saturated heterocycles. The van der Waals surface area contributed by atoms with Gasteiger partial charge >= 0.3 is 17.9 Å². The van der Waals surface area contributed by atoms with Gasteiger partial charge in [-0.15, -0.1) is 0 Å². The molecule has 3 unspecified atom stereocenters. The van der Waals surface area contributed by atoms with Crippen molar-refractivity contribution in [2.75, 3.05) is 58.9 Å². The molecule has 0 spiro atoms. The van der Waals surface area contributed by atoms with Crippen LogP contribution in [0.25, 0.3) is 0 Å². The van der Waals surface area contributed by atoms with Crippen molar-refractivity contribution < 1.29 is 28.6 Å². The number of ether oxygens (including phenoxy) is 3. The number of hydrogen-bond donors (Lipinski definition) is 0. The highest BCUT2D eigenvalue weighted by Gasteiger charge is 2.42. The number of esters is 3. The Bertz CT molecular complexity index is 1700. The first-order valence-electron chi connectivity index (χ1n) is 54.4. The van der Waals surface area contributed by atoms with Crippen LogP contribution in [0.5, 0.6) is 0 Å². The molecule has 1 saturated carbocycles. The standard InChI is InChI=1S/C108H213N3O6/c1-10-19-25-31-37-43-49-55-61-67-73-79-88-109(89-80-74-68-62-56-50-44-38-32-26-20-11-2)94-85-103(16-7)115-106(112)100-97-101(107(113)116-104(17-8)86-95-110(90-81-75-69-63-57-51-45-39-33-27-21-12-3)91-82-76-70-64-58-52-46-40-34-28-22-13-4)99-102(98-100)108(114)117-105(18-9)87-96-111(92-83-77-71-65-59-53-47-41-35-29-23-14-5)93-84-78-72-66-60-54-48-42-36-30-24-15-6/h100-105H,10-99H2,1-9H3. The number of unbranched alkanes of at least 4 members (excludes halogenated alkanes) is 66. The Labute approximate surface area is 734 Å². The Balaban J connectivity index is 3.41. The van der Waals surface area contributed by atoms with Gasteiger partial charge in [-0.1, -0.05) is 486 Å². The van der Waals surface area contributed by atoms with E-state index in [0.717, 1.165) is 97.4 Å². The summed E-state index contributed by atoms with van der Waals surface area (Å²) in [6, 6.07) is 0. The van der Waals surface area contributed by atoms with E-state index in [4.69, 9.17) is 14.2 Å². The molecule has 0 aromatic rings. The summed E-state index contributed by atoms with van der Waals surface area (Å²) in [4.78, 5) is 53.1. The molecular formula is C108H213N3O6. The first kappa shape index (κ1) is 113. The van der Waals surface area contributed by atoms with Crippen molar-refractivity contribution in [3.05, 3.63) is 0 Å². The van der Waals surface area contributed by atoms with E-state index in [1.54, 1.807) is 0 Å². The lowest BCUT2D eigenvalue weighted by Crippen LogP contribution is -2.40. The lowest BCUT2D eigenvalue weighted by molar-refractivity contribution is -0.167. The van der Waals surface area contributed by atoms with Crippen molar-refractivity contribution in [1.29, 1.82) is 0 Å². The number of carbonyl (C=O) groups is 3. The molecule has 3 atom stereocenters. The lowest BCUT2D eigenvalue weighted by Gasteiger charge is -2.34. The van der Waals surface area contributed by atoms with Crippen LogP contribution in [0.2, 0.25) is 0 Å². The third-order valence-corrected chi connectivity index (χ3v) is 27.2. The SMILES string of the molecule is CCCCCCCCCCCCCCN(CCCCCCCCCCCCCC)CCC(CC)OC(=O)C1CC(C(=O)OC(CC)CCN(CCCCCCCCCCCCCC)CCCCCCCCCCCCCC)CC(C(=O)OC(CC)CCN(CCCCCCCCCCCCCC)CCCCCCCCCCCCCC)C1. The summed E-state index contributed by atoms with van der Waals surface area (Å²) in [5.74, 6) is -2.40. The summed E-state index contributed by atoms with van der Waals surface area (Å²) in [5.41, 5.74) is 0. The van der Waals surface area contributed by atoms with Crippen molar-refractivity contribution in [3.63, 3.8) is 0 Å². The van der Waals surface area contributed by atoms with Crippen LogP contribution in [0.4, 0.5) is 0 Å². The Morgan fingerprint density at radius 2 is 0.308 bits per heavy atom. The molecule has 0 radical (unpaired) electrons. The van der Waals surface area contributed by atoms with Crippen LogP contribution < -0.4 is 0 Å². The molecule has 696 valence electrons. The maximum Gasteiger partial charge on any atom is 0.309 e. The van der Waals surface area contributed by atoms with E-state index in [-0.39, 0.29) is 36.2 Å². The first-order chi connectivity index (χ1) is 57.6. The minimum atomic E-state index is -0.565. The molecule has 1 fully saturated rings. The number of nitrogens with zero attached hydrogens (tertiary/aromatic N) is 3. The third-order valence-electron chi connectivity index (χ3n) is 27.2. The fourth-order valence-corrected chi connectivity index (χ4v) is 18.8. The predicted molar refractivity (Wildman–Crippen MR) is 514 cm³/mol. The lowest BCUT2D eigenvalue weighted by atomic mass is 9.75. The third kappa shape index (κ3) is 74.3. The van der Waals surface area contributed by atoms with Crippen molar-refractivity contribution in [2.45, 2.75) is 601 Å². The minimum Gasteiger partial charge on any atom is -0.462 e. The summed E-state index contributed by atoms with van der Waals surface area (Å²) < 4.78 is 20.0. The Hall–Kier alpha value is -1.71. The van der Waals surface area contributed by atoms with E-state index in [9.17, 15) is 0 Å². The van der Waals surface area contributed by atoms with Gasteiger partial charge in [0.05, 0.1) is 17.8 Å². The molecule has 0 heterocycles. The molecule has 0 aromatic heterocycles. The normalized spacial score (nSPS) is 15.3. The van der Waals surface area contributed by atoms with E-state index < -0.39 is 17.8 Å². The van der Waals surface area contributed by atoms with Gasteiger partial charge in [-0.05, 0) is 136 Å². The van der Waals surface area contributed by atoms with Crippen LogP contribution in [0.3, 0.4) is 0 Å². The summed E-state index contributed by atoms with van der Waals surface area (Å²) in [5, 5.41) is 0. The van der Waals surface area contributed by atoms with E-state index >= 15 is 14.4 Å². The molecule has 0 aliphatic heterocycles. The van der Waals surface area contributed by atoms with Crippen molar-refractivity contribution >= 4 is 17.9 Å². The minimum absolute atomic E-state index is 0.212. The quantitative estimate of drug-likeness (QED) is 0.0336. The van der Waals surface area contributed by atoms with Crippen LogP contribution in [0, 0.1) is 17.8 Å². The van der Waals surface area contributed by atoms with Gasteiger partial charge in [0.1, 0.15) is 18.3 Å². The largest absolute Gasteiger partial charge is 0.462 e. The van der Waals surface area contributed by atoms with E-state index in [1.165, 1.54) is 462 Å². The topological polar surface area (TPSA) is 88.6 Å². The van der Waals surface area contributed by atoms with Crippen LogP contribution in [0.1, 0.15) is 582 Å². The molecule has 9 nitrogen and oxygen atoms in total. The molecule has 0 N–H and O–H groups in total. The van der Waals surface area contributed by atoms with Gasteiger partial charge in [-0.3, -0.25) is 14.4 Å². The average molecular weight is 1650 g/mol. The Kier molecular flexibility index (Phi) is 87.7. The second-order valence-corrected chi connectivity index (χ2v) is 38.4. The molecule has 117 heavy (non-hydrogen) atoms. The van der Waals surface area contributed by atoms with Crippen molar-refractivity contribution in [2.24, 2.45) is 17.8 Å². The number of carbonyl (C=O) groups excluding carboxylic acids is 3. The molecule has 9 heteroatoms. The molecule has 1 aliphatic carbocycles. The number of hydrogen-bond acceptors (Lipinski definition) is 9. The Morgan fingerprint density at radius 3 is 0.427 bits per heavy atom. The van der Waals surface area contributed by atoms with E-state index in [1.807, 2.05) is 0 Å². The Morgan fingerprint density at radius 1 is 0.188 bits per heavy atom. The van der Waals surface area contributed by atoms with Crippen molar-refractivity contribution in [3.8, 4) is 0 Å². The highest BCUT2D eigenvalue weighted by Crippen LogP contribution is 2.38. The van der Waals surface area contributed by atoms with E-state index in [0.29, 0.717) is 19.3 Å². The van der Waals surface area contributed by atoms with Gasteiger partial charge in [0.15, 0.2) is 0 Å². The molecule has 0 aromatic carbocycles. The highest BCUT2D eigenvalue weighted by atomic mass is 16.6. The smallest absolute Gasteiger partial charge is 0.309 e. The molecule has 1 aliphatic rings. The van der Waals surface area contributed by atoms with Gasteiger partial charge in [0.25, 0.3) is 0 Å². The second kappa shape index (κ2) is 90.5. The van der Waals surface area contributed by atoms with Gasteiger partial charge in [-0.2, -0.15) is 0 Å². The van der Waals surface area contributed by atoms with Crippen LogP contribution in [-0.4, -0.2) is 110 Å². The molecular weight excluding hydrogens is 1440 g/mol. The second-order valence-electron chi connectivity index (χ2n) is 38.4. The summed E-state index contributed by atoms with van der Waals surface area (Å²) in [6.45, 7) is 29.8. The first-order valence-corrected chi connectivity index (χ1v) is 54.4. The maximum atomic E-state index is 15.0. The summed E-state index contributed by atoms with van der Waals surface area (Å²) >= 11 is 0. The fourth-order valence-electron chi connectivity index (χ4n) is 18.8. The zero-order valence-corrected chi connectivity index (χ0v) is 81.4. The molecule has 1 rings (SSSR count). The highest BCUT2D eigenvalue weighted by molar-refractivity contribution is 5.80. The van der Waals surface area contributed by atoms with Gasteiger partial charge in [-0.25, -0.2) is 0 Å². The van der Waals surface area contributed by atoms with Crippen molar-refractivity contribution in [1.82, 2.24) is 14.7 Å². The monoisotopic (exact) mass is 1650 g/mol. The van der Waals surface area contributed by atoms with Crippen LogP contribution in [0.15, 0.2) is 0 Å². The van der Waals surface area contributed by atoms with Gasteiger partial charge < -0.3 is 28.9 Å². The number of rotatable bonds is 96. The fraction of sp³-hybridized carbons (Fsp3) is 0.972. The zero-order valence-electron chi connectivity index (χ0n) is 81.4. The van der Waals surface area contributed by atoms with Gasteiger partial charge in [0, 0.05) is 19.6 Å². The predicted octanol–water partition coefficient (Wildman–Crippen LogP) is 34.3.